The zero-order valence-corrected chi connectivity index (χ0v) is 12.7. The van der Waals surface area contributed by atoms with Gasteiger partial charge in [-0.05, 0) is 30.2 Å². The lowest BCUT2D eigenvalue weighted by Gasteiger charge is -2.18. The third kappa shape index (κ3) is 2.56. The SMILES string of the molecule is Fc1cccc(F)c1Nc1cc(N2CCc3ccccc32)ncn1. The lowest BCUT2D eigenvalue weighted by Crippen LogP contribution is -2.15. The first-order chi connectivity index (χ1) is 11.7. The summed E-state index contributed by atoms with van der Waals surface area (Å²) < 4.78 is 27.6. The van der Waals surface area contributed by atoms with Crippen molar-refractivity contribution in [2.45, 2.75) is 6.42 Å². The van der Waals surface area contributed by atoms with Gasteiger partial charge in [0.05, 0.1) is 0 Å². The molecule has 24 heavy (non-hydrogen) atoms. The van der Waals surface area contributed by atoms with Crippen LogP contribution in [0, 0.1) is 11.6 Å². The largest absolute Gasteiger partial charge is 0.335 e. The molecule has 0 fully saturated rings. The highest BCUT2D eigenvalue weighted by Gasteiger charge is 2.21. The van der Waals surface area contributed by atoms with Gasteiger partial charge in [-0.15, -0.1) is 0 Å². The average molecular weight is 324 g/mol. The molecule has 0 radical (unpaired) electrons. The van der Waals surface area contributed by atoms with E-state index in [1.165, 1.54) is 30.1 Å². The molecule has 0 atom stereocenters. The van der Waals surface area contributed by atoms with Crippen molar-refractivity contribution in [3.63, 3.8) is 0 Å². The Hall–Kier alpha value is -3.02. The zero-order valence-electron chi connectivity index (χ0n) is 12.7. The number of nitrogens with one attached hydrogen (secondary N) is 1. The number of hydrogen-bond donors (Lipinski definition) is 1. The first-order valence-corrected chi connectivity index (χ1v) is 7.61. The summed E-state index contributed by atoms with van der Waals surface area (Å²) in [6, 6.07) is 13.5. The van der Waals surface area contributed by atoms with Crippen molar-refractivity contribution in [1.82, 2.24) is 9.97 Å². The predicted octanol–water partition coefficient (Wildman–Crippen LogP) is 4.19. The maximum absolute atomic E-state index is 13.8. The number of rotatable bonds is 3. The average Bonchev–Trinajstić information content (AvgIpc) is 3.03. The summed E-state index contributed by atoms with van der Waals surface area (Å²) in [5, 5.41) is 2.70. The summed E-state index contributed by atoms with van der Waals surface area (Å²) in [5.74, 6) is -0.300. The van der Waals surface area contributed by atoms with E-state index in [1.807, 2.05) is 18.2 Å². The third-order valence-corrected chi connectivity index (χ3v) is 4.03. The number of aromatic nitrogens is 2. The Labute approximate surface area is 137 Å². The maximum atomic E-state index is 13.8. The first kappa shape index (κ1) is 14.6. The summed E-state index contributed by atoms with van der Waals surface area (Å²) in [4.78, 5) is 10.4. The second-order valence-corrected chi connectivity index (χ2v) is 5.51. The van der Waals surface area contributed by atoms with Gasteiger partial charge in [0.15, 0.2) is 0 Å². The number of benzene rings is 2. The van der Waals surface area contributed by atoms with Crippen molar-refractivity contribution in [2.24, 2.45) is 0 Å². The van der Waals surface area contributed by atoms with Crippen LogP contribution in [0.25, 0.3) is 0 Å². The van der Waals surface area contributed by atoms with Crippen molar-refractivity contribution in [3.8, 4) is 0 Å². The van der Waals surface area contributed by atoms with Crippen LogP contribution in [0.3, 0.4) is 0 Å². The van der Waals surface area contributed by atoms with E-state index in [2.05, 4.69) is 26.3 Å². The second kappa shape index (κ2) is 5.88. The Kier molecular flexibility index (Phi) is 3.57. The molecule has 0 amide bonds. The highest BCUT2D eigenvalue weighted by Crippen LogP contribution is 2.34. The lowest BCUT2D eigenvalue weighted by atomic mass is 10.2. The quantitative estimate of drug-likeness (QED) is 0.784. The van der Waals surface area contributed by atoms with Crippen LogP contribution < -0.4 is 10.2 Å². The van der Waals surface area contributed by atoms with Crippen molar-refractivity contribution in [1.29, 1.82) is 0 Å². The smallest absolute Gasteiger partial charge is 0.149 e. The molecule has 0 unspecified atom stereocenters. The highest BCUT2D eigenvalue weighted by molar-refractivity contribution is 5.70. The molecule has 4 rings (SSSR count). The molecule has 0 saturated heterocycles. The number of hydrogen-bond acceptors (Lipinski definition) is 4. The fourth-order valence-corrected chi connectivity index (χ4v) is 2.88. The Bertz CT molecular complexity index is 877. The van der Waals surface area contributed by atoms with Crippen molar-refractivity contribution < 1.29 is 8.78 Å². The fraction of sp³-hybridized carbons (Fsp3) is 0.111. The van der Waals surface area contributed by atoms with E-state index in [0.29, 0.717) is 11.6 Å². The molecule has 1 aliphatic rings. The van der Waals surface area contributed by atoms with Crippen LogP contribution in [0.5, 0.6) is 0 Å². The molecule has 120 valence electrons. The first-order valence-electron chi connectivity index (χ1n) is 7.61. The maximum Gasteiger partial charge on any atom is 0.149 e. The standard InChI is InChI=1S/C18H14F2N4/c19-13-5-3-6-14(20)18(13)23-16-10-17(22-11-21-16)24-9-8-12-4-1-2-7-15(12)24/h1-7,10-11H,8-9H2,(H,21,22,23). The van der Waals surface area contributed by atoms with Crippen LogP contribution in [0.15, 0.2) is 54.9 Å². The van der Waals surface area contributed by atoms with Crippen molar-refractivity contribution >= 4 is 23.0 Å². The summed E-state index contributed by atoms with van der Waals surface area (Å²) in [5.41, 5.74) is 2.13. The van der Waals surface area contributed by atoms with E-state index in [0.717, 1.165) is 18.7 Å². The molecule has 0 bridgehead atoms. The number of nitrogens with zero attached hydrogens (tertiary/aromatic N) is 3. The number of anilines is 4. The molecule has 6 heteroatoms. The van der Waals surface area contributed by atoms with E-state index in [1.54, 1.807) is 6.07 Å². The molecule has 2 heterocycles. The van der Waals surface area contributed by atoms with Crippen LogP contribution in [-0.4, -0.2) is 16.5 Å². The third-order valence-electron chi connectivity index (χ3n) is 4.03. The van der Waals surface area contributed by atoms with Gasteiger partial charge >= 0.3 is 0 Å². The monoisotopic (exact) mass is 324 g/mol. The van der Waals surface area contributed by atoms with Gasteiger partial charge in [-0.3, -0.25) is 0 Å². The Morgan fingerprint density at radius 2 is 1.75 bits per heavy atom. The molecule has 3 aromatic rings. The van der Waals surface area contributed by atoms with Crippen LogP contribution in [0.1, 0.15) is 5.56 Å². The normalized spacial score (nSPS) is 13.0. The van der Waals surface area contributed by atoms with E-state index in [-0.39, 0.29) is 5.69 Å². The number of fused-ring (bicyclic) bond motifs is 1. The van der Waals surface area contributed by atoms with Crippen LogP contribution in [-0.2, 0) is 6.42 Å². The number of halogens is 2. The second-order valence-electron chi connectivity index (χ2n) is 5.51. The van der Waals surface area contributed by atoms with Crippen LogP contribution in [0.4, 0.5) is 31.8 Å². The van der Waals surface area contributed by atoms with Gasteiger partial charge < -0.3 is 10.2 Å². The lowest BCUT2D eigenvalue weighted by molar-refractivity contribution is 0.590. The molecule has 4 nitrogen and oxygen atoms in total. The van der Waals surface area contributed by atoms with Gasteiger partial charge in [0.25, 0.3) is 0 Å². The van der Waals surface area contributed by atoms with Gasteiger partial charge in [-0.1, -0.05) is 24.3 Å². The van der Waals surface area contributed by atoms with E-state index >= 15 is 0 Å². The molecule has 0 spiro atoms. The minimum Gasteiger partial charge on any atom is -0.335 e. The van der Waals surface area contributed by atoms with Crippen molar-refractivity contribution in [3.05, 3.63) is 72.1 Å². The molecular formula is C18H14F2N4. The Balaban J connectivity index is 1.66. The molecular weight excluding hydrogens is 310 g/mol. The molecule has 0 aliphatic carbocycles. The van der Waals surface area contributed by atoms with Gasteiger partial charge in [0, 0.05) is 18.3 Å². The van der Waals surface area contributed by atoms with Crippen LogP contribution >= 0.6 is 0 Å². The molecule has 0 saturated carbocycles. The molecule has 1 aliphatic heterocycles. The van der Waals surface area contributed by atoms with Gasteiger partial charge in [0.1, 0.15) is 35.3 Å². The van der Waals surface area contributed by atoms with Crippen molar-refractivity contribution in [2.75, 3.05) is 16.8 Å². The topological polar surface area (TPSA) is 41.0 Å². The predicted molar refractivity (Wildman–Crippen MR) is 88.8 cm³/mol. The summed E-state index contributed by atoms with van der Waals surface area (Å²) in [6.07, 6.45) is 2.32. The van der Waals surface area contributed by atoms with E-state index in [4.69, 9.17) is 0 Å². The minimum absolute atomic E-state index is 0.219. The highest BCUT2D eigenvalue weighted by atomic mass is 19.1. The molecule has 1 aromatic heterocycles. The van der Waals surface area contributed by atoms with E-state index < -0.39 is 11.6 Å². The Morgan fingerprint density at radius 1 is 0.958 bits per heavy atom. The Morgan fingerprint density at radius 3 is 2.58 bits per heavy atom. The summed E-state index contributed by atoms with van der Waals surface area (Å²) in [7, 11) is 0. The number of para-hydroxylation sites is 2. The van der Waals surface area contributed by atoms with Gasteiger partial charge in [-0.2, -0.15) is 0 Å². The van der Waals surface area contributed by atoms with E-state index in [9.17, 15) is 8.78 Å². The summed E-state index contributed by atoms with van der Waals surface area (Å²) in [6.45, 7) is 0.809. The molecule has 2 aromatic carbocycles. The molecule has 1 N–H and O–H groups in total. The van der Waals surface area contributed by atoms with Crippen LogP contribution in [0.2, 0.25) is 0 Å². The zero-order chi connectivity index (χ0) is 16.5. The summed E-state index contributed by atoms with van der Waals surface area (Å²) >= 11 is 0. The van der Waals surface area contributed by atoms with Gasteiger partial charge in [-0.25, -0.2) is 18.7 Å². The minimum atomic E-state index is -0.665. The fourth-order valence-electron chi connectivity index (χ4n) is 2.88. The van der Waals surface area contributed by atoms with Gasteiger partial charge in [0.2, 0.25) is 0 Å².